The Labute approximate surface area is 152 Å². The summed E-state index contributed by atoms with van der Waals surface area (Å²) in [5, 5.41) is 10.8. The Balaban J connectivity index is 1.75. The lowest BCUT2D eigenvalue weighted by molar-refractivity contribution is 0.102. The van der Waals surface area contributed by atoms with Crippen LogP contribution in [0.15, 0.2) is 42.6 Å². The van der Waals surface area contributed by atoms with E-state index < -0.39 is 0 Å². The van der Waals surface area contributed by atoms with Gasteiger partial charge in [-0.2, -0.15) is 0 Å². The zero-order chi connectivity index (χ0) is 18.5. The van der Waals surface area contributed by atoms with Gasteiger partial charge in [-0.15, -0.1) is 10.2 Å². The molecule has 0 aliphatic heterocycles. The van der Waals surface area contributed by atoms with Gasteiger partial charge < -0.3 is 9.47 Å². The molecule has 0 unspecified atom stereocenters. The monoisotopic (exact) mass is 354 g/mol. The molecule has 3 aromatic rings. The number of carbonyl (C=O) groups is 1. The maximum Gasteiger partial charge on any atom is 0.258 e. The fourth-order valence-corrected chi connectivity index (χ4v) is 2.43. The molecule has 2 aromatic heterocycles. The number of fused-ring (bicyclic) bond motifs is 1. The fourth-order valence-electron chi connectivity index (χ4n) is 2.43. The molecule has 0 aliphatic rings. The second-order valence-corrected chi connectivity index (χ2v) is 6.30. The SMILES string of the molecule is COc1cc(C(=O)Nc2nnc3ccccn23)ccc1OCCC(C)C. The molecule has 0 saturated carbocycles. The zero-order valence-electron chi connectivity index (χ0n) is 15.1. The summed E-state index contributed by atoms with van der Waals surface area (Å²) in [6.45, 7) is 4.88. The Morgan fingerprint density at radius 2 is 2.04 bits per heavy atom. The van der Waals surface area contributed by atoms with Gasteiger partial charge >= 0.3 is 0 Å². The van der Waals surface area contributed by atoms with Gasteiger partial charge in [0.1, 0.15) is 0 Å². The van der Waals surface area contributed by atoms with Crippen molar-refractivity contribution in [2.75, 3.05) is 19.0 Å². The van der Waals surface area contributed by atoms with E-state index >= 15 is 0 Å². The minimum absolute atomic E-state index is 0.296. The molecule has 1 amide bonds. The van der Waals surface area contributed by atoms with Gasteiger partial charge in [-0.1, -0.05) is 19.9 Å². The Hall–Kier alpha value is -3.09. The normalized spacial score (nSPS) is 10.9. The molecule has 0 aliphatic carbocycles. The van der Waals surface area contributed by atoms with Gasteiger partial charge in [0, 0.05) is 11.8 Å². The van der Waals surface area contributed by atoms with Gasteiger partial charge in [0.2, 0.25) is 5.95 Å². The number of pyridine rings is 1. The van der Waals surface area contributed by atoms with E-state index in [4.69, 9.17) is 9.47 Å². The van der Waals surface area contributed by atoms with Gasteiger partial charge in [-0.25, -0.2) is 0 Å². The Morgan fingerprint density at radius 1 is 1.19 bits per heavy atom. The van der Waals surface area contributed by atoms with Crippen LogP contribution in [0.4, 0.5) is 5.95 Å². The summed E-state index contributed by atoms with van der Waals surface area (Å²) >= 11 is 0. The number of hydrogen-bond acceptors (Lipinski definition) is 5. The molecule has 0 atom stereocenters. The van der Waals surface area contributed by atoms with Crippen LogP contribution in [0.25, 0.3) is 5.65 Å². The lowest BCUT2D eigenvalue weighted by atomic mass is 10.1. The quantitative estimate of drug-likeness (QED) is 0.703. The van der Waals surface area contributed by atoms with Crippen molar-refractivity contribution in [2.24, 2.45) is 5.92 Å². The molecule has 0 spiro atoms. The molecule has 136 valence electrons. The predicted octanol–water partition coefficient (Wildman–Crippen LogP) is 3.42. The van der Waals surface area contributed by atoms with E-state index in [2.05, 4.69) is 29.4 Å². The molecule has 0 saturated heterocycles. The second-order valence-electron chi connectivity index (χ2n) is 6.30. The van der Waals surface area contributed by atoms with Crippen LogP contribution < -0.4 is 14.8 Å². The molecule has 0 fully saturated rings. The van der Waals surface area contributed by atoms with Crippen LogP contribution in [0.1, 0.15) is 30.6 Å². The molecule has 26 heavy (non-hydrogen) atoms. The predicted molar refractivity (Wildman–Crippen MR) is 98.9 cm³/mol. The largest absolute Gasteiger partial charge is 0.493 e. The van der Waals surface area contributed by atoms with Crippen molar-refractivity contribution in [3.8, 4) is 11.5 Å². The molecule has 3 rings (SSSR count). The number of amides is 1. The summed E-state index contributed by atoms with van der Waals surface area (Å²) in [6.07, 6.45) is 2.74. The number of rotatable bonds is 7. The molecule has 0 bridgehead atoms. The van der Waals surface area contributed by atoms with E-state index in [1.54, 1.807) is 35.9 Å². The van der Waals surface area contributed by atoms with Gasteiger partial charge in [0.25, 0.3) is 5.91 Å². The highest BCUT2D eigenvalue weighted by Crippen LogP contribution is 2.28. The van der Waals surface area contributed by atoms with E-state index in [1.807, 2.05) is 18.2 Å². The topological polar surface area (TPSA) is 77.8 Å². The lowest BCUT2D eigenvalue weighted by Gasteiger charge is -2.13. The number of carbonyl (C=O) groups excluding carboxylic acids is 1. The summed E-state index contributed by atoms with van der Waals surface area (Å²) in [7, 11) is 1.55. The van der Waals surface area contributed by atoms with Gasteiger partial charge in [-0.3, -0.25) is 14.5 Å². The van der Waals surface area contributed by atoms with E-state index in [0.717, 1.165) is 6.42 Å². The average Bonchev–Trinajstić information content (AvgIpc) is 3.04. The standard InChI is InChI=1S/C19H22N4O3/c1-13(2)9-11-26-15-8-7-14(12-16(15)25-3)18(24)20-19-22-21-17-6-4-5-10-23(17)19/h4-8,10,12-13H,9,11H2,1-3H3,(H,20,22,24). The van der Waals surface area contributed by atoms with Crippen LogP contribution in [0.5, 0.6) is 11.5 Å². The molecule has 2 heterocycles. The lowest BCUT2D eigenvalue weighted by Crippen LogP contribution is -2.14. The Kier molecular flexibility index (Phi) is 5.36. The van der Waals surface area contributed by atoms with Crippen molar-refractivity contribution in [1.82, 2.24) is 14.6 Å². The summed E-state index contributed by atoms with van der Waals surface area (Å²) in [4.78, 5) is 12.5. The van der Waals surface area contributed by atoms with Crippen LogP contribution >= 0.6 is 0 Å². The van der Waals surface area contributed by atoms with Crippen molar-refractivity contribution in [1.29, 1.82) is 0 Å². The van der Waals surface area contributed by atoms with Gasteiger partial charge in [-0.05, 0) is 42.7 Å². The third-order valence-electron chi connectivity index (χ3n) is 3.92. The fraction of sp³-hybridized carbons (Fsp3) is 0.316. The highest BCUT2D eigenvalue weighted by molar-refractivity contribution is 6.03. The second kappa shape index (κ2) is 7.86. The average molecular weight is 354 g/mol. The zero-order valence-corrected chi connectivity index (χ0v) is 15.1. The first-order chi connectivity index (χ1) is 12.6. The number of anilines is 1. The number of aromatic nitrogens is 3. The summed E-state index contributed by atoms with van der Waals surface area (Å²) in [6, 6.07) is 10.6. The molecular weight excluding hydrogens is 332 g/mol. The van der Waals surface area contributed by atoms with E-state index in [-0.39, 0.29) is 5.91 Å². The van der Waals surface area contributed by atoms with Crippen molar-refractivity contribution in [3.63, 3.8) is 0 Å². The number of hydrogen-bond donors (Lipinski definition) is 1. The molecular formula is C19H22N4O3. The van der Waals surface area contributed by atoms with Crippen LogP contribution in [0.3, 0.4) is 0 Å². The number of benzene rings is 1. The van der Waals surface area contributed by atoms with E-state index in [0.29, 0.717) is 41.2 Å². The van der Waals surface area contributed by atoms with Crippen LogP contribution in [-0.2, 0) is 0 Å². The Morgan fingerprint density at radius 3 is 2.81 bits per heavy atom. The minimum atomic E-state index is -0.296. The van der Waals surface area contributed by atoms with E-state index in [1.165, 1.54) is 0 Å². The first kappa shape index (κ1) is 17.7. The van der Waals surface area contributed by atoms with Crippen LogP contribution in [-0.4, -0.2) is 34.2 Å². The molecule has 1 N–H and O–H groups in total. The van der Waals surface area contributed by atoms with Gasteiger partial charge in [0.15, 0.2) is 17.1 Å². The highest BCUT2D eigenvalue weighted by Gasteiger charge is 2.14. The van der Waals surface area contributed by atoms with Crippen molar-refractivity contribution in [3.05, 3.63) is 48.2 Å². The third kappa shape index (κ3) is 3.93. The van der Waals surface area contributed by atoms with Crippen molar-refractivity contribution in [2.45, 2.75) is 20.3 Å². The van der Waals surface area contributed by atoms with Crippen LogP contribution in [0, 0.1) is 5.92 Å². The molecule has 1 aromatic carbocycles. The smallest absolute Gasteiger partial charge is 0.258 e. The first-order valence-corrected chi connectivity index (χ1v) is 8.50. The van der Waals surface area contributed by atoms with E-state index in [9.17, 15) is 4.79 Å². The number of nitrogens with one attached hydrogen (secondary N) is 1. The summed E-state index contributed by atoms with van der Waals surface area (Å²) in [5.74, 6) is 1.77. The molecule has 7 nitrogen and oxygen atoms in total. The molecule has 0 radical (unpaired) electrons. The number of methoxy groups -OCH3 is 1. The third-order valence-corrected chi connectivity index (χ3v) is 3.92. The summed E-state index contributed by atoms with van der Waals surface area (Å²) in [5.41, 5.74) is 1.11. The molecule has 7 heteroatoms. The highest BCUT2D eigenvalue weighted by atomic mass is 16.5. The number of ether oxygens (including phenoxy) is 2. The van der Waals surface area contributed by atoms with Gasteiger partial charge in [0.05, 0.1) is 13.7 Å². The maximum absolute atomic E-state index is 12.5. The van der Waals surface area contributed by atoms with Crippen molar-refractivity contribution < 1.29 is 14.3 Å². The van der Waals surface area contributed by atoms with Crippen molar-refractivity contribution >= 4 is 17.5 Å². The summed E-state index contributed by atoms with van der Waals surface area (Å²) < 4.78 is 12.8. The van der Waals surface area contributed by atoms with Crippen LogP contribution in [0.2, 0.25) is 0 Å². The number of nitrogens with zero attached hydrogens (tertiary/aromatic N) is 3. The Bertz CT molecular complexity index is 905. The minimum Gasteiger partial charge on any atom is -0.493 e. The first-order valence-electron chi connectivity index (χ1n) is 8.50. The maximum atomic E-state index is 12.5.